The molecule has 2 aromatic carbocycles. The second-order valence-electron chi connectivity index (χ2n) is 4.67. The van der Waals surface area contributed by atoms with E-state index in [0.717, 1.165) is 15.4 Å². The van der Waals surface area contributed by atoms with Gasteiger partial charge in [0.2, 0.25) is 0 Å². The van der Waals surface area contributed by atoms with Crippen LogP contribution in [-0.2, 0) is 10.0 Å². The third kappa shape index (κ3) is 2.82. The van der Waals surface area contributed by atoms with E-state index in [1.807, 2.05) is 12.1 Å². The van der Waals surface area contributed by atoms with Crippen molar-refractivity contribution in [2.24, 2.45) is 0 Å². The van der Waals surface area contributed by atoms with Gasteiger partial charge in [-0.15, -0.1) is 0 Å². The Morgan fingerprint density at radius 3 is 2.55 bits per heavy atom. The summed E-state index contributed by atoms with van der Waals surface area (Å²) in [7, 11) is -2.13. The van der Waals surface area contributed by atoms with Crippen molar-refractivity contribution in [2.45, 2.75) is 4.90 Å². The van der Waals surface area contributed by atoms with Crippen LogP contribution in [0.4, 0.5) is 5.69 Å². The Labute approximate surface area is 136 Å². The Kier molecular flexibility index (Phi) is 3.84. The SMILES string of the molecule is COc1ccc(S(=O)(=O)Nc2cc(Br)cc3[nH]ccc23)cc1. The van der Waals surface area contributed by atoms with Gasteiger partial charge >= 0.3 is 0 Å². The fourth-order valence-electron chi connectivity index (χ4n) is 2.17. The normalized spacial score (nSPS) is 11.5. The average Bonchev–Trinajstić information content (AvgIpc) is 2.95. The van der Waals surface area contributed by atoms with Crippen molar-refractivity contribution >= 4 is 42.5 Å². The van der Waals surface area contributed by atoms with Crippen LogP contribution in [0.2, 0.25) is 0 Å². The molecule has 0 aliphatic heterocycles. The maximum atomic E-state index is 12.5. The molecule has 7 heteroatoms. The van der Waals surface area contributed by atoms with Crippen molar-refractivity contribution < 1.29 is 13.2 Å². The van der Waals surface area contributed by atoms with E-state index in [2.05, 4.69) is 25.6 Å². The molecule has 0 saturated heterocycles. The van der Waals surface area contributed by atoms with Gasteiger partial charge in [0, 0.05) is 21.6 Å². The molecule has 0 aliphatic rings. The molecular weight excluding hydrogens is 368 g/mol. The summed E-state index contributed by atoms with van der Waals surface area (Å²) in [5.41, 5.74) is 1.36. The van der Waals surface area contributed by atoms with Crippen LogP contribution in [0.5, 0.6) is 5.75 Å². The van der Waals surface area contributed by atoms with Crippen molar-refractivity contribution in [3.63, 3.8) is 0 Å². The first kappa shape index (κ1) is 14.9. The maximum absolute atomic E-state index is 12.5. The Bertz CT molecular complexity index is 918. The molecule has 1 aromatic heterocycles. The summed E-state index contributed by atoms with van der Waals surface area (Å²) in [6, 6.07) is 11.7. The highest BCUT2D eigenvalue weighted by Gasteiger charge is 2.16. The van der Waals surface area contributed by atoms with E-state index in [-0.39, 0.29) is 4.90 Å². The number of hydrogen-bond donors (Lipinski definition) is 2. The zero-order chi connectivity index (χ0) is 15.7. The first-order valence-corrected chi connectivity index (χ1v) is 8.71. The molecule has 3 rings (SSSR count). The quantitative estimate of drug-likeness (QED) is 0.723. The summed E-state index contributed by atoms with van der Waals surface area (Å²) in [5, 5.41) is 0.806. The van der Waals surface area contributed by atoms with Gasteiger partial charge in [-0.25, -0.2) is 8.42 Å². The van der Waals surface area contributed by atoms with Crippen LogP contribution in [0.3, 0.4) is 0 Å². The van der Waals surface area contributed by atoms with Crippen molar-refractivity contribution in [1.82, 2.24) is 4.98 Å². The zero-order valence-corrected chi connectivity index (χ0v) is 14.0. The molecule has 0 bridgehead atoms. The molecule has 0 fully saturated rings. The van der Waals surface area contributed by atoms with Gasteiger partial charge in [-0.05, 0) is 42.5 Å². The predicted octanol–water partition coefficient (Wildman–Crippen LogP) is 3.74. The van der Waals surface area contributed by atoms with Gasteiger partial charge in [-0.2, -0.15) is 0 Å². The number of aromatic amines is 1. The first-order chi connectivity index (χ1) is 10.5. The Balaban J connectivity index is 2.00. The van der Waals surface area contributed by atoms with Crippen molar-refractivity contribution in [2.75, 3.05) is 11.8 Å². The number of hydrogen-bond acceptors (Lipinski definition) is 3. The first-order valence-electron chi connectivity index (χ1n) is 6.43. The third-order valence-electron chi connectivity index (χ3n) is 3.25. The number of benzene rings is 2. The molecule has 5 nitrogen and oxygen atoms in total. The Morgan fingerprint density at radius 2 is 1.86 bits per heavy atom. The highest BCUT2D eigenvalue weighted by Crippen LogP contribution is 2.29. The minimum atomic E-state index is -3.66. The summed E-state index contributed by atoms with van der Waals surface area (Å²) in [6.45, 7) is 0. The number of halogens is 1. The number of rotatable bonds is 4. The highest BCUT2D eigenvalue weighted by atomic mass is 79.9. The summed E-state index contributed by atoms with van der Waals surface area (Å²) < 4.78 is 33.4. The van der Waals surface area contributed by atoms with Gasteiger partial charge < -0.3 is 9.72 Å². The molecule has 0 aliphatic carbocycles. The van der Waals surface area contributed by atoms with E-state index in [0.29, 0.717) is 11.4 Å². The minimum Gasteiger partial charge on any atom is -0.497 e. The number of methoxy groups -OCH3 is 1. The number of nitrogens with one attached hydrogen (secondary N) is 2. The molecule has 1 heterocycles. The second-order valence-corrected chi connectivity index (χ2v) is 7.27. The van der Waals surface area contributed by atoms with Crippen molar-refractivity contribution in [3.05, 3.63) is 53.1 Å². The molecule has 0 atom stereocenters. The average molecular weight is 381 g/mol. The lowest BCUT2D eigenvalue weighted by molar-refractivity contribution is 0.414. The summed E-state index contributed by atoms with van der Waals surface area (Å²) >= 11 is 3.38. The zero-order valence-electron chi connectivity index (χ0n) is 11.6. The number of aromatic nitrogens is 1. The largest absolute Gasteiger partial charge is 0.497 e. The van der Waals surface area contributed by atoms with Gasteiger partial charge in [0.1, 0.15) is 5.75 Å². The standard InChI is InChI=1S/C15H13BrN2O3S/c1-21-11-2-4-12(5-3-11)22(19,20)18-15-9-10(16)8-14-13(15)6-7-17-14/h2-9,17-18H,1H3. The molecule has 0 spiro atoms. The number of ether oxygens (including phenoxy) is 1. The molecular formula is C15H13BrN2O3S. The number of sulfonamides is 1. The molecule has 0 radical (unpaired) electrons. The second kappa shape index (κ2) is 5.66. The van der Waals surface area contributed by atoms with Gasteiger partial charge in [-0.3, -0.25) is 4.72 Å². The fraction of sp³-hybridized carbons (Fsp3) is 0.0667. The summed E-state index contributed by atoms with van der Waals surface area (Å²) in [6.07, 6.45) is 1.77. The monoisotopic (exact) mass is 380 g/mol. The van der Waals surface area contributed by atoms with Crippen LogP contribution in [0, 0.1) is 0 Å². The van der Waals surface area contributed by atoms with E-state index in [9.17, 15) is 8.42 Å². The predicted molar refractivity (Wildman–Crippen MR) is 89.8 cm³/mol. The molecule has 0 amide bonds. The van der Waals surface area contributed by atoms with E-state index in [4.69, 9.17) is 4.74 Å². The highest BCUT2D eigenvalue weighted by molar-refractivity contribution is 9.10. The van der Waals surface area contributed by atoms with Crippen LogP contribution in [0.25, 0.3) is 10.9 Å². The van der Waals surface area contributed by atoms with Gasteiger partial charge in [0.05, 0.1) is 17.7 Å². The van der Waals surface area contributed by atoms with E-state index in [1.54, 1.807) is 24.4 Å². The number of anilines is 1. The molecule has 114 valence electrons. The van der Waals surface area contributed by atoms with Crippen LogP contribution < -0.4 is 9.46 Å². The van der Waals surface area contributed by atoms with Crippen molar-refractivity contribution in [3.8, 4) is 5.75 Å². The smallest absolute Gasteiger partial charge is 0.261 e. The molecule has 3 aromatic rings. The van der Waals surface area contributed by atoms with E-state index < -0.39 is 10.0 Å². The molecule has 2 N–H and O–H groups in total. The molecule has 0 saturated carbocycles. The fourth-order valence-corrected chi connectivity index (χ4v) is 3.70. The summed E-state index contributed by atoms with van der Waals surface area (Å²) in [4.78, 5) is 3.24. The number of fused-ring (bicyclic) bond motifs is 1. The van der Waals surface area contributed by atoms with Gasteiger partial charge in [-0.1, -0.05) is 15.9 Å². The lowest BCUT2D eigenvalue weighted by Crippen LogP contribution is -2.13. The van der Waals surface area contributed by atoms with Gasteiger partial charge in [0.25, 0.3) is 10.0 Å². The van der Waals surface area contributed by atoms with Crippen LogP contribution in [-0.4, -0.2) is 20.5 Å². The maximum Gasteiger partial charge on any atom is 0.261 e. The van der Waals surface area contributed by atoms with Crippen LogP contribution >= 0.6 is 15.9 Å². The third-order valence-corrected chi connectivity index (χ3v) is 5.09. The van der Waals surface area contributed by atoms with E-state index in [1.165, 1.54) is 19.2 Å². The number of H-pyrrole nitrogens is 1. The lowest BCUT2D eigenvalue weighted by atomic mass is 10.2. The Morgan fingerprint density at radius 1 is 1.14 bits per heavy atom. The topological polar surface area (TPSA) is 71.2 Å². The van der Waals surface area contributed by atoms with Crippen LogP contribution in [0.1, 0.15) is 0 Å². The lowest BCUT2D eigenvalue weighted by Gasteiger charge is -2.10. The van der Waals surface area contributed by atoms with Gasteiger partial charge in [0.15, 0.2) is 0 Å². The van der Waals surface area contributed by atoms with Crippen molar-refractivity contribution in [1.29, 1.82) is 0 Å². The van der Waals surface area contributed by atoms with Crippen LogP contribution in [0.15, 0.2) is 58.0 Å². The van der Waals surface area contributed by atoms with E-state index >= 15 is 0 Å². The molecule has 22 heavy (non-hydrogen) atoms. The molecule has 0 unspecified atom stereocenters. The Hall–Kier alpha value is -1.99. The minimum absolute atomic E-state index is 0.178. The summed E-state index contributed by atoms with van der Waals surface area (Å²) in [5.74, 6) is 0.606.